The summed E-state index contributed by atoms with van der Waals surface area (Å²) in [6.45, 7) is 5.93. The molecule has 0 spiro atoms. The van der Waals surface area contributed by atoms with E-state index >= 15 is 0 Å². The van der Waals surface area contributed by atoms with Gasteiger partial charge in [-0.15, -0.1) is 5.10 Å². The fraction of sp³-hybridized carbons (Fsp3) is 0.833. The zero-order valence-electron chi connectivity index (χ0n) is 11.8. The van der Waals surface area contributed by atoms with Crippen LogP contribution in [0.4, 0.5) is 6.01 Å². The van der Waals surface area contributed by atoms with Gasteiger partial charge in [-0.05, 0) is 25.6 Å². The number of aromatic nitrogens is 2. The molecular weight excluding hydrogens is 248 g/mol. The molecule has 0 aromatic carbocycles. The van der Waals surface area contributed by atoms with Gasteiger partial charge in [-0.1, -0.05) is 18.9 Å². The normalized spacial score (nSPS) is 12.7. The highest BCUT2D eigenvalue weighted by Gasteiger charge is 2.18. The number of hydrogen-bond acceptors (Lipinski definition) is 6. The fourth-order valence-corrected chi connectivity index (χ4v) is 2.53. The predicted octanol–water partition coefficient (Wildman–Crippen LogP) is 2.15. The van der Waals surface area contributed by atoms with Gasteiger partial charge >= 0.3 is 6.01 Å². The molecule has 0 amide bonds. The lowest BCUT2D eigenvalue weighted by Gasteiger charge is -2.24. The predicted molar refractivity (Wildman–Crippen MR) is 77.2 cm³/mol. The fourth-order valence-electron chi connectivity index (χ4n) is 1.68. The van der Waals surface area contributed by atoms with Crippen molar-refractivity contribution in [3.63, 3.8) is 0 Å². The van der Waals surface area contributed by atoms with E-state index in [0.717, 1.165) is 25.1 Å². The Morgan fingerprint density at radius 1 is 1.39 bits per heavy atom. The van der Waals surface area contributed by atoms with E-state index < -0.39 is 0 Å². The van der Waals surface area contributed by atoms with Crippen LogP contribution in [-0.4, -0.2) is 41.8 Å². The van der Waals surface area contributed by atoms with Crippen LogP contribution in [0.1, 0.15) is 32.6 Å². The van der Waals surface area contributed by atoms with Gasteiger partial charge in [0.25, 0.3) is 0 Å². The van der Waals surface area contributed by atoms with Crippen LogP contribution in [0.3, 0.4) is 0 Å². The second kappa shape index (κ2) is 8.37. The summed E-state index contributed by atoms with van der Waals surface area (Å²) >= 11 is 1.84. The molecule has 1 aromatic heterocycles. The third-order valence-electron chi connectivity index (χ3n) is 2.84. The van der Waals surface area contributed by atoms with Crippen molar-refractivity contribution >= 4 is 17.8 Å². The van der Waals surface area contributed by atoms with Gasteiger partial charge < -0.3 is 14.6 Å². The molecule has 6 heteroatoms. The van der Waals surface area contributed by atoms with E-state index in [0.29, 0.717) is 24.5 Å². The molecule has 1 unspecified atom stereocenters. The number of thioether (sulfide) groups is 1. The monoisotopic (exact) mass is 272 g/mol. The lowest BCUT2D eigenvalue weighted by molar-refractivity contribution is 0.455. The summed E-state index contributed by atoms with van der Waals surface area (Å²) in [7, 11) is 2.02. The summed E-state index contributed by atoms with van der Waals surface area (Å²) in [6, 6.07) is 1.06. The van der Waals surface area contributed by atoms with Crippen molar-refractivity contribution in [1.82, 2.24) is 15.5 Å². The molecule has 0 radical (unpaired) electrons. The molecule has 0 saturated heterocycles. The molecular formula is C12H24N4OS. The summed E-state index contributed by atoms with van der Waals surface area (Å²) < 4.78 is 5.65. The van der Waals surface area contributed by atoms with Crippen LogP contribution in [0.15, 0.2) is 4.42 Å². The average molecular weight is 272 g/mol. The molecule has 0 bridgehead atoms. The van der Waals surface area contributed by atoms with Gasteiger partial charge in [-0.3, -0.25) is 0 Å². The Balaban J connectivity index is 2.54. The highest BCUT2D eigenvalue weighted by Crippen LogP contribution is 2.17. The van der Waals surface area contributed by atoms with Crippen molar-refractivity contribution in [1.29, 1.82) is 0 Å². The van der Waals surface area contributed by atoms with Gasteiger partial charge in [0.15, 0.2) is 0 Å². The number of rotatable bonds is 9. The van der Waals surface area contributed by atoms with Crippen LogP contribution in [-0.2, 0) is 6.54 Å². The van der Waals surface area contributed by atoms with Crippen molar-refractivity contribution in [2.75, 3.05) is 30.5 Å². The Morgan fingerprint density at radius 2 is 2.17 bits per heavy atom. The first-order chi connectivity index (χ1) is 8.72. The summed E-state index contributed by atoms with van der Waals surface area (Å²) in [6.07, 6.45) is 4.29. The van der Waals surface area contributed by atoms with E-state index in [9.17, 15) is 0 Å². The maximum Gasteiger partial charge on any atom is 0.318 e. The third kappa shape index (κ3) is 4.49. The first-order valence-electron chi connectivity index (χ1n) is 6.47. The maximum atomic E-state index is 5.65. The Kier molecular flexibility index (Phi) is 7.12. The smallest absolute Gasteiger partial charge is 0.318 e. The summed E-state index contributed by atoms with van der Waals surface area (Å²) in [5.74, 6) is 1.73. The first kappa shape index (κ1) is 15.3. The Hall–Kier alpha value is -0.750. The molecule has 1 N–H and O–H groups in total. The molecule has 104 valence electrons. The van der Waals surface area contributed by atoms with Crippen molar-refractivity contribution < 1.29 is 4.42 Å². The van der Waals surface area contributed by atoms with Crippen LogP contribution >= 0.6 is 11.8 Å². The lowest BCUT2D eigenvalue weighted by Crippen LogP contribution is -2.33. The van der Waals surface area contributed by atoms with Crippen molar-refractivity contribution in [3.8, 4) is 0 Å². The van der Waals surface area contributed by atoms with E-state index in [1.807, 2.05) is 18.8 Å². The lowest BCUT2D eigenvalue weighted by atomic mass is 10.2. The Labute approximate surface area is 114 Å². The molecule has 0 saturated carbocycles. The van der Waals surface area contributed by atoms with Crippen LogP contribution in [0.2, 0.25) is 0 Å². The van der Waals surface area contributed by atoms with Gasteiger partial charge in [0.2, 0.25) is 5.89 Å². The molecule has 18 heavy (non-hydrogen) atoms. The number of nitrogens with zero attached hydrogens (tertiary/aromatic N) is 3. The molecule has 0 aliphatic carbocycles. The van der Waals surface area contributed by atoms with Crippen molar-refractivity contribution in [2.24, 2.45) is 0 Å². The maximum absolute atomic E-state index is 5.65. The minimum absolute atomic E-state index is 0.442. The largest absolute Gasteiger partial charge is 0.407 e. The standard InChI is InChI=1S/C12H24N4OS/c1-5-7-13-8-11-14-15-12(17-11)16(3)10(6-2)9-18-4/h10,13H,5-9H2,1-4H3. The highest BCUT2D eigenvalue weighted by atomic mass is 32.2. The van der Waals surface area contributed by atoms with E-state index in [1.165, 1.54) is 0 Å². The minimum atomic E-state index is 0.442. The van der Waals surface area contributed by atoms with E-state index in [-0.39, 0.29) is 0 Å². The van der Waals surface area contributed by atoms with Crippen molar-refractivity contribution in [2.45, 2.75) is 39.3 Å². The molecule has 0 aliphatic heterocycles. The van der Waals surface area contributed by atoms with E-state index in [1.54, 1.807) is 0 Å². The summed E-state index contributed by atoms with van der Waals surface area (Å²) in [4.78, 5) is 2.08. The van der Waals surface area contributed by atoms with Gasteiger partial charge in [-0.2, -0.15) is 11.8 Å². The third-order valence-corrected chi connectivity index (χ3v) is 3.56. The molecule has 5 nitrogen and oxygen atoms in total. The van der Waals surface area contributed by atoms with Crippen molar-refractivity contribution in [3.05, 3.63) is 5.89 Å². The van der Waals surface area contributed by atoms with Gasteiger partial charge in [0.05, 0.1) is 6.54 Å². The number of hydrogen-bond donors (Lipinski definition) is 1. The average Bonchev–Trinajstić information content (AvgIpc) is 2.84. The van der Waals surface area contributed by atoms with E-state index in [2.05, 4.69) is 40.5 Å². The van der Waals surface area contributed by atoms with Crippen LogP contribution < -0.4 is 10.2 Å². The zero-order chi connectivity index (χ0) is 13.4. The quantitative estimate of drug-likeness (QED) is 0.695. The molecule has 1 rings (SSSR count). The second-order valence-corrected chi connectivity index (χ2v) is 5.19. The summed E-state index contributed by atoms with van der Waals surface area (Å²) in [5.41, 5.74) is 0. The topological polar surface area (TPSA) is 54.2 Å². The van der Waals surface area contributed by atoms with Crippen LogP contribution in [0.5, 0.6) is 0 Å². The first-order valence-corrected chi connectivity index (χ1v) is 7.87. The second-order valence-electron chi connectivity index (χ2n) is 4.28. The highest BCUT2D eigenvalue weighted by molar-refractivity contribution is 7.98. The van der Waals surface area contributed by atoms with Crippen LogP contribution in [0.25, 0.3) is 0 Å². The summed E-state index contributed by atoms with van der Waals surface area (Å²) in [5, 5.41) is 11.4. The Bertz CT molecular complexity index is 332. The molecule has 1 aromatic rings. The molecule has 1 atom stereocenters. The van der Waals surface area contributed by atoms with E-state index in [4.69, 9.17) is 4.42 Å². The molecule has 0 fully saturated rings. The van der Waals surface area contributed by atoms with Gasteiger partial charge in [0, 0.05) is 18.8 Å². The zero-order valence-corrected chi connectivity index (χ0v) is 12.6. The Morgan fingerprint density at radius 3 is 2.78 bits per heavy atom. The molecule has 0 aliphatic rings. The van der Waals surface area contributed by atoms with Crippen LogP contribution in [0, 0.1) is 0 Å². The number of anilines is 1. The van der Waals surface area contributed by atoms with Gasteiger partial charge in [-0.25, -0.2) is 0 Å². The minimum Gasteiger partial charge on any atom is -0.407 e. The van der Waals surface area contributed by atoms with Gasteiger partial charge in [0.1, 0.15) is 0 Å². The number of nitrogens with one attached hydrogen (secondary N) is 1. The molecule has 1 heterocycles. The SMILES string of the molecule is CCCNCc1nnc(N(C)C(CC)CSC)o1.